The lowest BCUT2D eigenvalue weighted by molar-refractivity contribution is -0.117. The summed E-state index contributed by atoms with van der Waals surface area (Å²) in [6.07, 6.45) is 1.97. The number of pyridine rings is 1. The van der Waals surface area contributed by atoms with Gasteiger partial charge in [0.25, 0.3) is 5.91 Å². The van der Waals surface area contributed by atoms with Crippen LogP contribution in [0.15, 0.2) is 72.7 Å². The summed E-state index contributed by atoms with van der Waals surface area (Å²) in [7, 11) is 0. The Bertz CT molecular complexity index is 1360. The molecule has 186 valence electrons. The van der Waals surface area contributed by atoms with Gasteiger partial charge >= 0.3 is 0 Å². The smallest absolute Gasteiger partial charge is 0.269 e. The number of carbonyl (C=O) groups is 1. The minimum atomic E-state index is -1.30. The molecule has 4 aromatic rings. The molecule has 0 fully saturated rings. The maximum absolute atomic E-state index is 14.5. The zero-order valence-electron chi connectivity index (χ0n) is 19.4. The van der Waals surface area contributed by atoms with E-state index in [0.29, 0.717) is 34.7 Å². The van der Waals surface area contributed by atoms with Crippen LogP contribution in [0.1, 0.15) is 17.8 Å². The summed E-state index contributed by atoms with van der Waals surface area (Å²) in [4.78, 5) is 19.3. The number of amides is 1. The van der Waals surface area contributed by atoms with Crippen LogP contribution in [0.2, 0.25) is 0 Å². The normalized spacial score (nSPS) is 12.5. The van der Waals surface area contributed by atoms with Gasteiger partial charge in [-0.3, -0.25) is 9.78 Å². The van der Waals surface area contributed by atoms with Crippen molar-refractivity contribution < 1.29 is 13.6 Å². The average Bonchev–Trinajstić information content (AvgIpc) is 3.30. The molecule has 0 bridgehead atoms. The van der Waals surface area contributed by atoms with E-state index in [0.717, 1.165) is 10.4 Å². The number of alkyl halides is 1. The maximum Gasteiger partial charge on any atom is 0.269 e. The molecule has 0 saturated heterocycles. The molecule has 0 aliphatic carbocycles. The van der Waals surface area contributed by atoms with E-state index in [4.69, 9.17) is 11.6 Å². The largest absolute Gasteiger partial charge is 0.393 e. The number of aromatic amines is 1. The van der Waals surface area contributed by atoms with Crippen LogP contribution in [0.4, 0.5) is 8.78 Å². The SMILES string of the molecule is N/C(=C\N(N)CC(F)CCc1cc2cc(-c3ccccc3F)[nH]c2nn1)C(=O)NCc1ccccn1. The molecule has 0 aliphatic rings. The van der Waals surface area contributed by atoms with Crippen molar-refractivity contribution in [3.63, 3.8) is 0 Å². The minimum Gasteiger partial charge on any atom is -0.393 e. The molecule has 1 atom stereocenters. The summed E-state index contributed by atoms with van der Waals surface area (Å²) in [6, 6.07) is 15.4. The zero-order valence-corrected chi connectivity index (χ0v) is 19.4. The molecule has 9 nitrogen and oxygen atoms in total. The molecule has 4 rings (SSSR count). The molecule has 1 aromatic carbocycles. The number of aromatic nitrogens is 4. The van der Waals surface area contributed by atoms with E-state index in [1.807, 2.05) is 6.07 Å². The lowest BCUT2D eigenvalue weighted by Crippen LogP contribution is -2.36. The Labute approximate surface area is 206 Å². The van der Waals surface area contributed by atoms with Gasteiger partial charge in [0.05, 0.1) is 30.2 Å². The zero-order chi connectivity index (χ0) is 25.5. The van der Waals surface area contributed by atoms with Crippen LogP contribution >= 0.6 is 0 Å². The van der Waals surface area contributed by atoms with Crippen LogP contribution in [-0.4, -0.2) is 43.8 Å². The average molecular weight is 493 g/mol. The Kier molecular flexibility index (Phi) is 7.81. The third-order valence-corrected chi connectivity index (χ3v) is 5.44. The quantitative estimate of drug-likeness (QED) is 0.152. The Morgan fingerprint density at radius 1 is 1.14 bits per heavy atom. The highest BCUT2D eigenvalue weighted by Crippen LogP contribution is 2.25. The van der Waals surface area contributed by atoms with E-state index in [2.05, 4.69) is 25.5 Å². The van der Waals surface area contributed by atoms with Crippen LogP contribution in [0.25, 0.3) is 22.3 Å². The third-order valence-electron chi connectivity index (χ3n) is 5.44. The number of nitrogens with two attached hydrogens (primary N) is 2. The van der Waals surface area contributed by atoms with Gasteiger partial charge in [0.2, 0.25) is 0 Å². The second-order valence-corrected chi connectivity index (χ2v) is 8.22. The van der Waals surface area contributed by atoms with Crippen molar-refractivity contribution in [3.8, 4) is 11.3 Å². The van der Waals surface area contributed by atoms with Gasteiger partial charge in [0.15, 0.2) is 5.65 Å². The summed E-state index contributed by atoms with van der Waals surface area (Å²) in [5.41, 5.74) is 8.43. The number of nitrogens with zero attached hydrogens (tertiary/aromatic N) is 4. The third kappa shape index (κ3) is 6.39. The molecule has 36 heavy (non-hydrogen) atoms. The van der Waals surface area contributed by atoms with E-state index in [9.17, 15) is 13.6 Å². The van der Waals surface area contributed by atoms with Crippen molar-refractivity contribution in [1.29, 1.82) is 0 Å². The molecular weight excluding hydrogens is 466 g/mol. The van der Waals surface area contributed by atoms with Crippen molar-refractivity contribution in [3.05, 3.63) is 89.9 Å². The van der Waals surface area contributed by atoms with Gasteiger partial charge in [0, 0.05) is 23.3 Å². The van der Waals surface area contributed by atoms with Crippen LogP contribution in [0.3, 0.4) is 0 Å². The number of halogens is 2. The highest BCUT2D eigenvalue weighted by molar-refractivity contribution is 5.92. The first-order valence-corrected chi connectivity index (χ1v) is 11.3. The number of rotatable bonds is 10. The van der Waals surface area contributed by atoms with Crippen molar-refractivity contribution in [2.24, 2.45) is 11.6 Å². The number of H-pyrrole nitrogens is 1. The molecule has 3 heterocycles. The Morgan fingerprint density at radius 2 is 1.94 bits per heavy atom. The number of nitrogens with one attached hydrogen (secondary N) is 2. The van der Waals surface area contributed by atoms with Gasteiger partial charge in [-0.25, -0.2) is 14.6 Å². The molecule has 6 N–H and O–H groups in total. The van der Waals surface area contributed by atoms with Gasteiger partial charge in [0.1, 0.15) is 17.7 Å². The second-order valence-electron chi connectivity index (χ2n) is 8.22. The van der Waals surface area contributed by atoms with Crippen molar-refractivity contribution in [2.75, 3.05) is 6.54 Å². The van der Waals surface area contributed by atoms with Crippen LogP contribution < -0.4 is 16.9 Å². The fourth-order valence-corrected chi connectivity index (χ4v) is 3.61. The number of hydrazine groups is 1. The Morgan fingerprint density at radius 3 is 2.72 bits per heavy atom. The minimum absolute atomic E-state index is 0.137. The fourth-order valence-electron chi connectivity index (χ4n) is 3.61. The first kappa shape index (κ1) is 24.7. The molecule has 11 heteroatoms. The van der Waals surface area contributed by atoms with E-state index in [1.54, 1.807) is 48.7 Å². The molecule has 1 unspecified atom stereocenters. The Balaban J connectivity index is 1.28. The number of benzene rings is 1. The van der Waals surface area contributed by atoms with Crippen LogP contribution in [0.5, 0.6) is 0 Å². The summed E-state index contributed by atoms with van der Waals surface area (Å²) >= 11 is 0. The van der Waals surface area contributed by atoms with Crippen molar-refractivity contribution >= 4 is 16.9 Å². The first-order valence-electron chi connectivity index (χ1n) is 11.3. The van der Waals surface area contributed by atoms with Gasteiger partial charge in [-0.2, -0.15) is 5.10 Å². The van der Waals surface area contributed by atoms with E-state index < -0.39 is 12.1 Å². The van der Waals surface area contributed by atoms with E-state index >= 15 is 0 Å². The van der Waals surface area contributed by atoms with Crippen molar-refractivity contribution in [2.45, 2.75) is 25.6 Å². The topological polar surface area (TPSA) is 139 Å². The predicted molar refractivity (Wildman–Crippen MR) is 132 cm³/mol. The van der Waals surface area contributed by atoms with Crippen LogP contribution in [-0.2, 0) is 17.8 Å². The first-order chi connectivity index (χ1) is 17.4. The summed E-state index contributed by atoms with van der Waals surface area (Å²) in [6.45, 7) is 0.0459. The number of hydrogen-bond donors (Lipinski definition) is 4. The highest BCUT2D eigenvalue weighted by atomic mass is 19.1. The molecule has 3 aromatic heterocycles. The predicted octanol–water partition coefficient (Wildman–Crippen LogP) is 2.72. The van der Waals surface area contributed by atoms with Gasteiger partial charge < -0.3 is 21.0 Å². The molecule has 0 radical (unpaired) electrons. The number of hydrogen-bond acceptors (Lipinski definition) is 7. The highest BCUT2D eigenvalue weighted by Gasteiger charge is 2.14. The molecule has 0 saturated carbocycles. The number of carbonyl (C=O) groups excluding carboxylic acids is 1. The second kappa shape index (κ2) is 11.4. The standard InChI is InChI=1S/C25H26F2N8O/c26-17(14-35(29)15-22(28)25(36)31-13-19-5-3-4-10-30-19)8-9-18-11-16-12-23(32-24(16)34-33-18)20-6-1-2-7-21(20)27/h1-7,10-12,15,17H,8-9,13-14,28-29H2,(H,31,36)(H,32,34)/b22-15-. The molecule has 1 amide bonds. The fraction of sp³-hybridized carbons (Fsp3) is 0.200. The number of aryl methyl sites for hydroxylation is 1. The summed E-state index contributed by atoms with van der Waals surface area (Å²) in [5, 5.41) is 12.7. The summed E-state index contributed by atoms with van der Waals surface area (Å²) in [5.74, 6) is 4.94. The summed E-state index contributed by atoms with van der Waals surface area (Å²) < 4.78 is 28.6. The lowest BCUT2D eigenvalue weighted by Gasteiger charge is -2.17. The van der Waals surface area contributed by atoms with Crippen molar-refractivity contribution in [1.82, 2.24) is 30.5 Å². The van der Waals surface area contributed by atoms with E-state index in [-0.39, 0.29) is 31.0 Å². The molecular formula is C25H26F2N8O. The number of fused-ring (bicyclic) bond motifs is 1. The van der Waals surface area contributed by atoms with Crippen LogP contribution in [0, 0.1) is 5.82 Å². The van der Waals surface area contributed by atoms with E-state index in [1.165, 1.54) is 12.3 Å². The molecule has 0 aliphatic heterocycles. The van der Waals surface area contributed by atoms with Gasteiger partial charge in [-0.05, 0) is 49.2 Å². The lowest BCUT2D eigenvalue weighted by atomic mass is 10.1. The Hall–Kier alpha value is -4.38. The molecule has 0 spiro atoms. The van der Waals surface area contributed by atoms with Gasteiger partial charge in [-0.15, -0.1) is 5.10 Å². The monoisotopic (exact) mass is 492 g/mol. The maximum atomic E-state index is 14.5. The van der Waals surface area contributed by atoms with Gasteiger partial charge in [-0.1, -0.05) is 18.2 Å².